The van der Waals surface area contributed by atoms with Crippen LogP contribution in [0.25, 0.3) is 0 Å². The molecule has 0 saturated heterocycles. The highest BCUT2D eigenvalue weighted by molar-refractivity contribution is 9.10. The van der Waals surface area contributed by atoms with E-state index in [-0.39, 0.29) is 5.56 Å². The molecule has 0 aliphatic carbocycles. The van der Waals surface area contributed by atoms with Crippen LogP contribution in [0.1, 0.15) is 20.7 Å². The zero-order chi connectivity index (χ0) is 14.5. The number of hydrazine groups is 1. The smallest absolute Gasteiger partial charge is 0.267 e. The van der Waals surface area contributed by atoms with Crippen molar-refractivity contribution in [3.05, 3.63) is 69.9 Å². The van der Waals surface area contributed by atoms with E-state index in [0.717, 1.165) is 10.5 Å². The van der Waals surface area contributed by atoms with Crippen LogP contribution in [0.4, 0.5) is 4.39 Å². The summed E-state index contributed by atoms with van der Waals surface area (Å²) in [6, 6.07) is 11.8. The van der Waals surface area contributed by atoms with E-state index in [1.165, 1.54) is 18.2 Å². The summed E-state index contributed by atoms with van der Waals surface area (Å²) < 4.78 is 13.8. The molecule has 0 fully saturated rings. The Labute approximate surface area is 123 Å². The van der Waals surface area contributed by atoms with Crippen molar-refractivity contribution < 1.29 is 14.0 Å². The lowest BCUT2D eigenvalue weighted by molar-refractivity contribution is 0.0846. The first kappa shape index (κ1) is 14.2. The summed E-state index contributed by atoms with van der Waals surface area (Å²) in [5.74, 6) is -1.56. The molecule has 2 amide bonds. The van der Waals surface area contributed by atoms with Crippen molar-refractivity contribution in [2.24, 2.45) is 0 Å². The first-order valence-electron chi connectivity index (χ1n) is 5.68. The summed E-state index contributed by atoms with van der Waals surface area (Å²) in [5.41, 5.74) is 5.00. The van der Waals surface area contributed by atoms with Crippen LogP contribution in [0, 0.1) is 5.82 Å². The minimum absolute atomic E-state index is 0.126. The number of rotatable bonds is 2. The number of hydrogen-bond donors (Lipinski definition) is 2. The Morgan fingerprint density at radius 1 is 0.900 bits per heavy atom. The van der Waals surface area contributed by atoms with E-state index >= 15 is 0 Å². The maximum Gasteiger partial charge on any atom is 0.269 e. The van der Waals surface area contributed by atoms with E-state index in [0.29, 0.717) is 5.56 Å². The van der Waals surface area contributed by atoms with Crippen molar-refractivity contribution in [3.8, 4) is 0 Å². The number of nitrogens with one attached hydrogen (secondary N) is 2. The molecule has 2 rings (SSSR count). The third-order valence-electron chi connectivity index (χ3n) is 2.48. The molecule has 0 aliphatic heterocycles. The third kappa shape index (κ3) is 3.64. The van der Waals surface area contributed by atoms with Gasteiger partial charge in [-0.15, -0.1) is 0 Å². The first-order valence-corrected chi connectivity index (χ1v) is 6.47. The van der Waals surface area contributed by atoms with Crippen LogP contribution < -0.4 is 10.9 Å². The summed E-state index contributed by atoms with van der Waals surface area (Å²) in [7, 11) is 0. The number of carbonyl (C=O) groups is 2. The molecule has 0 heterocycles. The predicted molar refractivity (Wildman–Crippen MR) is 75.5 cm³/mol. The van der Waals surface area contributed by atoms with Gasteiger partial charge in [-0.2, -0.15) is 0 Å². The molecule has 6 heteroatoms. The van der Waals surface area contributed by atoms with Crippen LogP contribution in [0.5, 0.6) is 0 Å². The van der Waals surface area contributed by atoms with E-state index in [2.05, 4.69) is 26.8 Å². The molecule has 0 aliphatic rings. The van der Waals surface area contributed by atoms with Gasteiger partial charge in [-0.05, 0) is 42.5 Å². The maximum absolute atomic E-state index is 13.0. The van der Waals surface area contributed by atoms with Gasteiger partial charge in [-0.1, -0.05) is 22.0 Å². The molecule has 0 atom stereocenters. The molecule has 102 valence electrons. The van der Waals surface area contributed by atoms with E-state index in [1.807, 2.05) is 0 Å². The van der Waals surface area contributed by atoms with E-state index in [1.54, 1.807) is 24.3 Å². The zero-order valence-corrected chi connectivity index (χ0v) is 11.8. The molecule has 2 N–H and O–H groups in total. The molecule has 2 aromatic carbocycles. The Morgan fingerprint density at radius 3 is 2.10 bits per heavy atom. The van der Waals surface area contributed by atoms with Gasteiger partial charge in [0.1, 0.15) is 5.82 Å². The normalized spacial score (nSPS) is 9.90. The minimum Gasteiger partial charge on any atom is -0.267 e. The number of halogens is 2. The fraction of sp³-hybridized carbons (Fsp3) is 0. The molecule has 20 heavy (non-hydrogen) atoms. The Kier molecular flexibility index (Phi) is 4.47. The van der Waals surface area contributed by atoms with Gasteiger partial charge in [-0.3, -0.25) is 20.4 Å². The van der Waals surface area contributed by atoms with Gasteiger partial charge in [-0.25, -0.2) is 4.39 Å². The SMILES string of the molecule is O=C(NNC(=O)c1cccc(F)c1)c1ccc(Br)cc1. The van der Waals surface area contributed by atoms with Gasteiger partial charge in [0.25, 0.3) is 11.8 Å². The molecule has 0 radical (unpaired) electrons. The van der Waals surface area contributed by atoms with Crippen molar-refractivity contribution >= 4 is 27.7 Å². The minimum atomic E-state index is -0.588. The van der Waals surface area contributed by atoms with Crippen molar-refractivity contribution in [1.82, 2.24) is 10.9 Å². The fourth-order valence-corrected chi connectivity index (χ4v) is 1.75. The fourth-order valence-electron chi connectivity index (χ4n) is 1.49. The summed E-state index contributed by atoms with van der Waals surface area (Å²) in [6.07, 6.45) is 0. The Balaban J connectivity index is 1.96. The van der Waals surface area contributed by atoms with Gasteiger partial charge in [0.2, 0.25) is 0 Å². The van der Waals surface area contributed by atoms with E-state index in [4.69, 9.17) is 0 Å². The average molecular weight is 337 g/mol. The highest BCUT2D eigenvalue weighted by atomic mass is 79.9. The molecule has 0 spiro atoms. The van der Waals surface area contributed by atoms with Crippen LogP contribution in [-0.4, -0.2) is 11.8 Å². The van der Waals surface area contributed by atoms with Gasteiger partial charge in [0, 0.05) is 15.6 Å². The van der Waals surface area contributed by atoms with Crippen LogP contribution in [0.2, 0.25) is 0 Å². The standard InChI is InChI=1S/C14H10BrFN2O2/c15-11-6-4-9(5-7-11)13(19)17-18-14(20)10-2-1-3-12(16)8-10/h1-8H,(H,17,19)(H,18,20). The van der Waals surface area contributed by atoms with Gasteiger partial charge < -0.3 is 0 Å². The molecule has 4 nitrogen and oxygen atoms in total. The largest absolute Gasteiger partial charge is 0.269 e. The number of hydrogen-bond acceptors (Lipinski definition) is 2. The second-order valence-electron chi connectivity index (χ2n) is 3.93. The average Bonchev–Trinajstić information content (AvgIpc) is 2.45. The van der Waals surface area contributed by atoms with Gasteiger partial charge in [0.15, 0.2) is 0 Å². The second-order valence-corrected chi connectivity index (χ2v) is 4.84. The number of carbonyl (C=O) groups excluding carboxylic acids is 2. The first-order chi connectivity index (χ1) is 9.56. The third-order valence-corrected chi connectivity index (χ3v) is 3.01. The van der Waals surface area contributed by atoms with Crippen LogP contribution in [0.3, 0.4) is 0 Å². The molecular weight excluding hydrogens is 327 g/mol. The van der Waals surface area contributed by atoms with Crippen molar-refractivity contribution in [3.63, 3.8) is 0 Å². The molecule has 0 unspecified atom stereocenters. The van der Waals surface area contributed by atoms with Gasteiger partial charge >= 0.3 is 0 Å². The number of benzene rings is 2. The lowest BCUT2D eigenvalue weighted by Gasteiger charge is -2.07. The van der Waals surface area contributed by atoms with Gasteiger partial charge in [0.05, 0.1) is 0 Å². The van der Waals surface area contributed by atoms with Crippen molar-refractivity contribution in [1.29, 1.82) is 0 Å². The second kappa shape index (κ2) is 6.29. The monoisotopic (exact) mass is 336 g/mol. The number of amides is 2. The summed E-state index contributed by atoms with van der Waals surface area (Å²) >= 11 is 3.26. The Morgan fingerprint density at radius 2 is 1.50 bits per heavy atom. The zero-order valence-electron chi connectivity index (χ0n) is 10.2. The Hall–Kier alpha value is -2.21. The quantitative estimate of drug-likeness (QED) is 0.828. The van der Waals surface area contributed by atoms with Crippen molar-refractivity contribution in [2.45, 2.75) is 0 Å². The molecule has 0 bridgehead atoms. The molecular formula is C14H10BrFN2O2. The lowest BCUT2D eigenvalue weighted by Crippen LogP contribution is -2.41. The topological polar surface area (TPSA) is 58.2 Å². The van der Waals surface area contributed by atoms with Crippen LogP contribution in [0.15, 0.2) is 53.0 Å². The Bertz CT molecular complexity index is 644. The van der Waals surface area contributed by atoms with Crippen LogP contribution in [-0.2, 0) is 0 Å². The molecule has 0 aromatic heterocycles. The molecule has 0 saturated carbocycles. The predicted octanol–water partition coefficient (Wildman–Crippen LogP) is 2.66. The lowest BCUT2D eigenvalue weighted by atomic mass is 10.2. The molecule has 2 aromatic rings. The van der Waals surface area contributed by atoms with E-state index in [9.17, 15) is 14.0 Å². The summed E-state index contributed by atoms with van der Waals surface area (Å²) in [4.78, 5) is 23.4. The van der Waals surface area contributed by atoms with Crippen molar-refractivity contribution in [2.75, 3.05) is 0 Å². The van der Waals surface area contributed by atoms with Crippen LogP contribution >= 0.6 is 15.9 Å². The maximum atomic E-state index is 13.0. The summed E-state index contributed by atoms with van der Waals surface area (Å²) in [5, 5.41) is 0. The summed E-state index contributed by atoms with van der Waals surface area (Å²) in [6.45, 7) is 0. The highest BCUT2D eigenvalue weighted by Crippen LogP contribution is 2.10. The highest BCUT2D eigenvalue weighted by Gasteiger charge is 2.09. The van der Waals surface area contributed by atoms with E-state index < -0.39 is 17.6 Å².